The van der Waals surface area contributed by atoms with Gasteiger partial charge in [-0.15, -0.1) is 0 Å². The predicted molar refractivity (Wildman–Crippen MR) is 165 cm³/mol. The maximum Gasteiger partial charge on any atom is 0.309 e. The lowest BCUT2D eigenvalue weighted by Crippen LogP contribution is -2.58. The van der Waals surface area contributed by atoms with Crippen molar-refractivity contribution in [1.82, 2.24) is 0 Å². The van der Waals surface area contributed by atoms with Crippen LogP contribution in [0.1, 0.15) is 82.6 Å². The van der Waals surface area contributed by atoms with E-state index in [1.807, 2.05) is 0 Å². The zero-order valence-corrected chi connectivity index (χ0v) is 29.3. The smallest absolute Gasteiger partial charge is 0.309 e. The summed E-state index contributed by atoms with van der Waals surface area (Å²) in [7, 11) is 0. The molecule has 2 rings (SSSR count). The molecule has 0 aliphatic heterocycles. The number of ether oxygens (including phenoxy) is 6. The quantitative estimate of drug-likeness (QED) is 0.217. The zero-order valence-electron chi connectivity index (χ0n) is 29.3. The first kappa shape index (κ1) is 39.8. The topological polar surface area (TPSA) is 192 Å². The van der Waals surface area contributed by atoms with E-state index in [2.05, 4.69) is 6.58 Å². The van der Waals surface area contributed by atoms with Crippen LogP contribution < -0.4 is 0 Å². The van der Waals surface area contributed by atoms with Gasteiger partial charge in [0.2, 0.25) is 6.10 Å². The van der Waals surface area contributed by atoms with Crippen molar-refractivity contribution in [2.75, 3.05) is 0 Å². The third-order valence-electron chi connectivity index (χ3n) is 8.23. The Hall–Kier alpha value is -4.36. The molecule has 0 spiro atoms. The second kappa shape index (κ2) is 14.8. The van der Waals surface area contributed by atoms with E-state index in [-0.39, 0.29) is 5.57 Å². The molecular weight excluding hydrogens is 632 g/mol. The molecule has 0 bridgehead atoms. The molecule has 1 fully saturated rings. The fraction of sp³-hybridized carbons (Fsp3) is 0.647. The lowest BCUT2D eigenvalue weighted by atomic mass is 9.72. The van der Waals surface area contributed by atoms with E-state index in [1.165, 1.54) is 53.7 Å². The third-order valence-corrected chi connectivity index (χ3v) is 8.23. The number of carbonyl (C=O) groups excluding carboxylic acids is 8. The third kappa shape index (κ3) is 8.56. The van der Waals surface area contributed by atoms with Gasteiger partial charge in [-0.25, -0.2) is 0 Å². The van der Waals surface area contributed by atoms with E-state index in [1.54, 1.807) is 0 Å². The minimum Gasteiger partial charge on any atom is -0.458 e. The number of hydrogen-bond acceptors (Lipinski definition) is 14. The van der Waals surface area contributed by atoms with Gasteiger partial charge in [-0.1, -0.05) is 39.5 Å². The average molecular weight is 679 g/mol. The zero-order chi connectivity index (χ0) is 37.1. The molecule has 0 saturated heterocycles. The summed E-state index contributed by atoms with van der Waals surface area (Å²) in [5, 5.41) is 0. The minimum atomic E-state index is -2.35. The second-order valence-electron chi connectivity index (χ2n) is 13.4. The summed E-state index contributed by atoms with van der Waals surface area (Å²) >= 11 is 0. The summed E-state index contributed by atoms with van der Waals surface area (Å²) in [5.41, 5.74) is -6.08. The van der Waals surface area contributed by atoms with Gasteiger partial charge >= 0.3 is 35.8 Å². The van der Waals surface area contributed by atoms with Gasteiger partial charge in [-0.05, 0) is 20.8 Å². The van der Waals surface area contributed by atoms with E-state index in [9.17, 15) is 38.4 Å². The number of carbonyl (C=O) groups is 8. The molecule has 0 unspecified atom stereocenters. The maximum absolute atomic E-state index is 14.7. The normalized spacial score (nSPS) is 32.5. The van der Waals surface area contributed by atoms with E-state index < -0.39 is 113 Å². The number of ketones is 2. The van der Waals surface area contributed by atoms with Crippen molar-refractivity contribution in [2.24, 2.45) is 23.2 Å². The van der Waals surface area contributed by atoms with Crippen LogP contribution in [0.5, 0.6) is 0 Å². The summed E-state index contributed by atoms with van der Waals surface area (Å²) < 4.78 is 34.2. The summed E-state index contributed by atoms with van der Waals surface area (Å²) in [6, 6.07) is 0. The first-order chi connectivity index (χ1) is 21.9. The SMILES string of the molecule is C=C1[C@@H](OC(C)=O)[C@@H]2[C@H](OC(C)=O)[C@@](C)(OC(C)=O)C[C@@]2(OC(C)=O)C(=O)[C@@H](C)/C=C/C(C)(C)C(=O)[C@@H](OC(C)=O)[C@@H]1OC(=O)C(C)C. The van der Waals surface area contributed by atoms with E-state index in [4.69, 9.17) is 28.4 Å². The largest absolute Gasteiger partial charge is 0.458 e. The molecule has 14 nitrogen and oxygen atoms in total. The summed E-state index contributed by atoms with van der Waals surface area (Å²) in [4.78, 5) is 105. The highest BCUT2D eigenvalue weighted by molar-refractivity contribution is 5.96. The van der Waals surface area contributed by atoms with Crippen molar-refractivity contribution in [2.45, 2.75) is 118 Å². The molecule has 0 heterocycles. The molecule has 0 amide bonds. The lowest BCUT2D eigenvalue weighted by molar-refractivity contribution is -0.191. The summed E-state index contributed by atoms with van der Waals surface area (Å²) in [5.74, 6) is -10.6. The Balaban J connectivity index is 3.23. The van der Waals surface area contributed by atoms with Crippen molar-refractivity contribution in [3.8, 4) is 0 Å². The Morgan fingerprint density at radius 3 is 1.69 bits per heavy atom. The standard InChI is InChI=1S/C34H46O14/c1-16(2)31(42)46-26-18(4)25(43-19(5)35)24-30(45-21(7)37)33(12,47-22(8)38)15-34(24,48-23(9)39)28(40)17(3)13-14-32(10,11)29(41)27(26)44-20(6)36/h13-14,16-17,24-27,30H,4,15H2,1-3,5-12H3/b14-13+/t17-,24+,25+,26+,27-,30-,33-,34-/m0/s1. The van der Waals surface area contributed by atoms with Gasteiger partial charge in [0.15, 0.2) is 35.0 Å². The Morgan fingerprint density at radius 1 is 0.729 bits per heavy atom. The maximum atomic E-state index is 14.7. The molecule has 48 heavy (non-hydrogen) atoms. The van der Waals surface area contributed by atoms with Crippen LogP contribution in [0.25, 0.3) is 0 Å². The first-order valence-corrected chi connectivity index (χ1v) is 15.5. The van der Waals surface area contributed by atoms with E-state index in [0.29, 0.717) is 0 Å². The monoisotopic (exact) mass is 678 g/mol. The molecule has 0 N–H and O–H groups in total. The highest BCUT2D eigenvalue weighted by atomic mass is 16.6. The Morgan fingerprint density at radius 2 is 1.23 bits per heavy atom. The first-order valence-electron chi connectivity index (χ1n) is 15.5. The van der Waals surface area contributed by atoms with Crippen LogP contribution in [0.4, 0.5) is 0 Å². The van der Waals surface area contributed by atoms with Crippen LogP contribution in [-0.2, 0) is 66.8 Å². The van der Waals surface area contributed by atoms with Crippen molar-refractivity contribution in [3.63, 3.8) is 0 Å². The highest BCUT2D eigenvalue weighted by Gasteiger charge is 2.72. The predicted octanol–water partition coefficient (Wildman–Crippen LogP) is 2.92. The fourth-order valence-electron chi connectivity index (χ4n) is 6.28. The van der Waals surface area contributed by atoms with Crippen LogP contribution in [0.3, 0.4) is 0 Å². The van der Waals surface area contributed by atoms with E-state index in [0.717, 1.165) is 34.6 Å². The Labute approximate surface area is 279 Å². The number of rotatable bonds is 7. The molecule has 266 valence electrons. The Kier molecular flexibility index (Phi) is 12.3. The van der Waals surface area contributed by atoms with Crippen molar-refractivity contribution in [1.29, 1.82) is 0 Å². The van der Waals surface area contributed by atoms with Gasteiger partial charge in [0.1, 0.15) is 6.10 Å². The number of Topliss-reactive ketones (excluding diaryl/α,β-unsaturated/α-hetero) is 2. The molecule has 0 aromatic heterocycles. The van der Waals surface area contributed by atoms with Gasteiger partial charge in [-0.3, -0.25) is 38.4 Å². The molecule has 0 aromatic rings. The van der Waals surface area contributed by atoms with Gasteiger partial charge in [0, 0.05) is 57.9 Å². The van der Waals surface area contributed by atoms with Crippen molar-refractivity contribution >= 4 is 47.4 Å². The van der Waals surface area contributed by atoms with Gasteiger partial charge < -0.3 is 28.4 Å². The van der Waals surface area contributed by atoms with Crippen LogP contribution in [0, 0.1) is 23.2 Å². The molecular formula is C34H46O14. The lowest BCUT2D eigenvalue weighted by Gasteiger charge is -2.42. The number of allylic oxidation sites excluding steroid dienone is 2. The van der Waals surface area contributed by atoms with Crippen LogP contribution in [0.2, 0.25) is 0 Å². The van der Waals surface area contributed by atoms with E-state index >= 15 is 0 Å². The molecule has 2 aliphatic carbocycles. The fourth-order valence-corrected chi connectivity index (χ4v) is 6.28. The second-order valence-corrected chi connectivity index (χ2v) is 13.4. The number of esters is 6. The Bertz CT molecular complexity index is 1410. The average Bonchev–Trinajstić information content (AvgIpc) is 3.15. The van der Waals surface area contributed by atoms with Crippen molar-refractivity contribution < 1.29 is 66.8 Å². The molecule has 2 aliphatic rings. The van der Waals surface area contributed by atoms with Crippen LogP contribution in [-0.4, -0.2) is 83.0 Å². The number of fused-ring (bicyclic) bond motifs is 1. The molecule has 14 heteroatoms. The molecule has 0 aromatic carbocycles. The minimum absolute atomic E-state index is 0.384. The summed E-state index contributed by atoms with van der Waals surface area (Å²) in [6.45, 7) is 18.0. The van der Waals surface area contributed by atoms with Gasteiger partial charge in [-0.2, -0.15) is 0 Å². The van der Waals surface area contributed by atoms with Crippen LogP contribution in [0.15, 0.2) is 24.3 Å². The van der Waals surface area contributed by atoms with Gasteiger partial charge in [0.05, 0.1) is 11.8 Å². The van der Waals surface area contributed by atoms with Crippen LogP contribution >= 0.6 is 0 Å². The molecule has 8 atom stereocenters. The van der Waals surface area contributed by atoms with Gasteiger partial charge in [0.25, 0.3) is 0 Å². The number of hydrogen-bond donors (Lipinski definition) is 0. The van der Waals surface area contributed by atoms with Crippen molar-refractivity contribution in [3.05, 3.63) is 24.3 Å². The summed E-state index contributed by atoms with van der Waals surface area (Å²) in [6.07, 6.45) is -5.04. The molecule has 1 saturated carbocycles. The molecule has 0 radical (unpaired) electrons. The highest BCUT2D eigenvalue weighted by Crippen LogP contribution is 2.54.